The Morgan fingerprint density at radius 3 is 2.80 bits per heavy atom. The van der Waals surface area contributed by atoms with Crippen LogP contribution >= 0.6 is 0 Å². The molecule has 4 heteroatoms. The molecule has 0 aliphatic heterocycles. The van der Waals surface area contributed by atoms with Crippen molar-refractivity contribution < 1.29 is 9.21 Å². The van der Waals surface area contributed by atoms with Gasteiger partial charge in [-0.05, 0) is 25.6 Å². The Hall–Kier alpha value is -1.29. The molecule has 0 saturated carbocycles. The highest BCUT2D eigenvalue weighted by molar-refractivity contribution is 5.77. The number of carbonyl (C=O) groups is 1. The topological polar surface area (TPSA) is 45.5 Å². The van der Waals surface area contributed by atoms with E-state index in [1.807, 2.05) is 26.0 Å². The van der Waals surface area contributed by atoms with Crippen molar-refractivity contribution >= 4 is 5.91 Å². The second-order valence-corrected chi connectivity index (χ2v) is 3.54. The normalized spacial score (nSPS) is 10.3. The number of aryl methyl sites for hydroxylation is 1. The molecule has 1 rings (SSSR count). The maximum Gasteiger partial charge on any atom is 0.236 e. The maximum atomic E-state index is 11.5. The Labute approximate surface area is 90.3 Å². The lowest BCUT2D eigenvalue weighted by Gasteiger charge is -2.15. The second-order valence-electron chi connectivity index (χ2n) is 3.54. The summed E-state index contributed by atoms with van der Waals surface area (Å²) >= 11 is 0. The molecular weight excluding hydrogens is 192 g/mol. The summed E-state index contributed by atoms with van der Waals surface area (Å²) in [7, 11) is 1.78. The number of likely N-dealkylation sites (N-methyl/N-ethyl adjacent to an activating group) is 2. The van der Waals surface area contributed by atoms with Gasteiger partial charge in [0.1, 0.15) is 11.5 Å². The standard InChI is InChI=1S/C11H18N2O2/c1-4-12-7-11(14)13(3)8-10-6-5-9(2)15-10/h5-6,12H,4,7-8H2,1-3H3. The molecule has 15 heavy (non-hydrogen) atoms. The molecule has 1 amide bonds. The fourth-order valence-corrected chi connectivity index (χ4v) is 1.26. The first-order valence-electron chi connectivity index (χ1n) is 5.13. The number of amides is 1. The van der Waals surface area contributed by atoms with Gasteiger partial charge in [0.05, 0.1) is 13.1 Å². The van der Waals surface area contributed by atoms with E-state index in [9.17, 15) is 4.79 Å². The van der Waals surface area contributed by atoms with E-state index in [2.05, 4.69) is 5.32 Å². The molecule has 0 saturated heterocycles. The maximum absolute atomic E-state index is 11.5. The lowest BCUT2D eigenvalue weighted by Crippen LogP contribution is -2.34. The summed E-state index contributed by atoms with van der Waals surface area (Å²) in [4.78, 5) is 13.2. The number of nitrogens with one attached hydrogen (secondary N) is 1. The molecule has 0 spiro atoms. The van der Waals surface area contributed by atoms with Gasteiger partial charge in [0.15, 0.2) is 0 Å². The van der Waals surface area contributed by atoms with Gasteiger partial charge in [0.2, 0.25) is 5.91 Å². The van der Waals surface area contributed by atoms with E-state index in [1.54, 1.807) is 11.9 Å². The lowest BCUT2D eigenvalue weighted by atomic mass is 10.4. The first-order chi connectivity index (χ1) is 7.13. The molecule has 1 heterocycles. The quantitative estimate of drug-likeness (QED) is 0.793. The zero-order valence-corrected chi connectivity index (χ0v) is 9.54. The van der Waals surface area contributed by atoms with Crippen LogP contribution in [0.3, 0.4) is 0 Å². The van der Waals surface area contributed by atoms with Crippen molar-refractivity contribution in [1.29, 1.82) is 0 Å². The van der Waals surface area contributed by atoms with Crippen LogP contribution in [-0.2, 0) is 11.3 Å². The number of carbonyl (C=O) groups excluding carboxylic acids is 1. The van der Waals surface area contributed by atoms with Crippen LogP contribution < -0.4 is 5.32 Å². The average molecular weight is 210 g/mol. The molecule has 1 aromatic rings. The van der Waals surface area contributed by atoms with Crippen LogP contribution in [0.5, 0.6) is 0 Å². The summed E-state index contributed by atoms with van der Waals surface area (Å²) < 4.78 is 5.39. The minimum Gasteiger partial charge on any atom is -0.464 e. The van der Waals surface area contributed by atoms with E-state index in [1.165, 1.54) is 0 Å². The minimum absolute atomic E-state index is 0.0749. The summed E-state index contributed by atoms with van der Waals surface area (Å²) in [5.74, 6) is 1.77. The lowest BCUT2D eigenvalue weighted by molar-refractivity contribution is -0.129. The highest BCUT2D eigenvalue weighted by Gasteiger charge is 2.09. The number of nitrogens with zero attached hydrogens (tertiary/aromatic N) is 1. The Bertz CT molecular complexity index is 320. The summed E-state index contributed by atoms with van der Waals surface area (Å²) in [6, 6.07) is 3.80. The molecule has 0 fully saturated rings. The highest BCUT2D eigenvalue weighted by atomic mass is 16.3. The molecule has 0 unspecified atom stereocenters. The highest BCUT2D eigenvalue weighted by Crippen LogP contribution is 2.08. The molecule has 1 aromatic heterocycles. The summed E-state index contributed by atoms with van der Waals surface area (Å²) in [6.45, 7) is 5.58. The molecule has 0 atom stereocenters. The molecule has 0 radical (unpaired) electrons. The molecular formula is C11H18N2O2. The van der Waals surface area contributed by atoms with Crippen molar-refractivity contribution in [1.82, 2.24) is 10.2 Å². The molecule has 84 valence electrons. The van der Waals surface area contributed by atoms with E-state index >= 15 is 0 Å². The first kappa shape index (κ1) is 11.8. The molecule has 0 bridgehead atoms. The van der Waals surface area contributed by atoms with Gasteiger partial charge in [-0.25, -0.2) is 0 Å². The summed E-state index contributed by atoms with van der Waals surface area (Å²) in [5.41, 5.74) is 0. The first-order valence-corrected chi connectivity index (χ1v) is 5.13. The second kappa shape index (κ2) is 5.56. The average Bonchev–Trinajstić information content (AvgIpc) is 2.60. The SMILES string of the molecule is CCNCC(=O)N(C)Cc1ccc(C)o1. The van der Waals surface area contributed by atoms with Gasteiger partial charge in [-0.3, -0.25) is 4.79 Å². The van der Waals surface area contributed by atoms with Crippen LogP contribution in [0.4, 0.5) is 0 Å². The van der Waals surface area contributed by atoms with Crippen LogP contribution in [0.25, 0.3) is 0 Å². The monoisotopic (exact) mass is 210 g/mol. The van der Waals surface area contributed by atoms with E-state index in [-0.39, 0.29) is 5.91 Å². The number of furan rings is 1. The Balaban J connectivity index is 2.41. The fraction of sp³-hybridized carbons (Fsp3) is 0.545. The predicted molar refractivity (Wildman–Crippen MR) is 58.5 cm³/mol. The minimum atomic E-state index is 0.0749. The fourth-order valence-electron chi connectivity index (χ4n) is 1.26. The number of hydrogen-bond donors (Lipinski definition) is 1. The molecule has 0 aromatic carbocycles. The van der Waals surface area contributed by atoms with Crippen LogP contribution in [0.2, 0.25) is 0 Å². The summed E-state index contributed by atoms with van der Waals surface area (Å²) in [5, 5.41) is 3.00. The number of hydrogen-bond acceptors (Lipinski definition) is 3. The Morgan fingerprint density at radius 1 is 1.53 bits per heavy atom. The van der Waals surface area contributed by atoms with E-state index in [0.717, 1.165) is 18.1 Å². The van der Waals surface area contributed by atoms with Crippen LogP contribution in [-0.4, -0.2) is 30.9 Å². The molecule has 1 N–H and O–H groups in total. The van der Waals surface area contributed by atoms with E-state index in [0.29, 0.717) is 13.1 Å². The van der Waals surface area contributed by atoms with Crippen molar-refractivity contribution in [3.63, 3.8) is 0 Å². The van der Waals surface area contributed by atoms with Crippen LogP contribution in [0.15, 0.2) is 16.5 Å². The van der Waals surface area contributed by atoms with E-state index < -0.39 is 0 Å². The Morgan fingerprint density at radius 2 is 2.27 bits per heavy atom. The van der Waals surface area contributed by atoms with Crippen LogP contribution in [0, 0.1) is 6.92 Å². The zero-order valence-electron chi connectivity index (χ0n) is 9.54. The third kappa shape index (κ3) is 3.75. The van der Waals surface area contributed by atoms with Crippen molar-refractivity contribution in [2.75, 3.05) is 20.1 Å². The molecule has 4 nitrogen and oxygen atoms in total. The van der Waals surface area contributed by atoms with Gasteiger partial charge in [-0.15, -0.1) is 0 Å². The van der Waals surface area contributed by atoms with Gasteiger partial charge in [0, 0.05) is 7.05 Å². The van der Waals surface area contributed by atoms with Gasteiger partial charge in [-0.2, -0.15) is 0 Å². The van der Waals surface area contributed by atoms with Crippen molar-refractivity contribution in [3.05, 3.63) is 23.7 Å². The van der Waals surface area contributed by atoms with Gasteiger partial charge < -0.3 is 14.6 Å². The third-order valence-corrected chi connectivity index (χ3v) is 2.14. The zero-order chi connectivity index (χ0) is 11.3. The largest absolute Gasteiger partial charge is 0.464 e. The smallest absolute Gasteiger partial charge is 0.236 e. The predicted octanol–water partition coefficient (Wildman–Crippen LogP) is 1.16. The molecule has 0 aliphatic carbocycles. The van der Waals surface area contributed by atoms with Crippen molar-refractivity contribution in [2.24, 2.45) is 0 Å². The third-order valence-electron chi connectivity index (χ3n) is 2.14. The van der Waals surface area contributed by atoms with Crippen molar-refractivity contribution in [3.8, 4) is 0 Å². The van der Waals surface area contributed by atoms with Gasteiger partial charge in [-0.1, -0.05) is 6.92 Å². The molecule has 0 aliphatic rings. The van der Waals surface area contributed by atoms with Crippen LogP contribution in [0.1, 0.15) is 18.4 Å². The van der Waals surface area contributed by atoms with Crippen molar-refractivity contribution in [2.45, 2.75) is 20.4 Å². The number of rotatable bonds is 5. The summed E-state index contributed by atoms with van der Waals surface area (Å²) in [6.07, 6.45) is 0. The Kier molecular flexibility index (Phi) is 4.37. The van der Waals surface area contributed by atoms with Gasteiger partial charge in [0.25, 0.3) is 0 Å². The van der Waals surface area contributed by atoms with E-state index in [4.69, 9.17) is 4.42 Å². The van der Waals surface area contributed by atoms with Gasteiger partial charge >= 0.3 is 0 Å².